The molecule has 0 unspecified atom stereocenters. The normalized spacial score (nSPS) is 15.5. The van der Waals surface area contributed by atoms with Crippen LogP contribution in [0, 0.1) is 12.3 Å². The van der Waals surface area contributed by atoms with Crippen molar-refractivity contribution in [1.29, 1.82) is 0 Å². The summed E-state index contributed by atoms with van der Waals surface area (Å²) in [6.07, 6.45) is 8.98. The first-order valence-corrected chi connectivity index (χ1v) is 10.7. The van der Waals surface area contributed by atoms with E-state index in [0.717, 1.165) is 43.2 Å². The van der Waals surface area contributed by atoms with E-state index in [4.69, 9.17) is 18.0 Å². The summed E-state index contributed by atoms with van der Waals surface area (Å²) in [5, 5.41) is 1.32. The van der Waals surface area contributed by atoms with Crippen molar-refractivity contribution in [2.45, 2.75) is 6.54 Å². The van der Waals surface area contributed by atoms with E-state index in [2.05, 4.69) is 26.4 Å². The Labute approximate surface area is 185 Å². The number of imide groups is 1. The molecule has 4 rings (SSSR count). The van der Waals surface area contributed by atoms with Crippen LogP contribution in [0.15, 0.2) is 58.0 Å². The Bertz CT molecular complexity index is 1230. The van der Waals surface area contributed by atoms with E-state index < -0.39 is 0 Å². The predicted octanol–water partition coefficient (Wildman–Crippen LogP) is 5.78. The van der Waals surface area contributed by atoms with Crippen molar-refractivity contribution in [2.24, 2.45) is 0 Å². The number of thioether (sulfide) groups is 1. The monoisotopic (exact) mass is 484 g/mol. The lowest BCUT2D eigenvalue weighted by Gasteiger charge is -2.07. The Morgan fingerprint density at radius 1 is 1.21 bits per heavy atom. The van der Waals surface area contributed by atoms with Gasteiger partial charge >= 0.3 is 0 Å². The Morgan fingerprint density at radius 2 is 2.00 bits per heavy atom. The number of fused-ring (bicyclic) bond motifs is 1. The number of nitrogens with zero attached hydrogens (tertiary/aromatic N) is 2. The van der Waals surface area contributed by atoms with Gasteiger partial charge in [0.1, 0.15) is 0 Å². The number of hydrogen-bond acceptors (Lipinski definition) is 3. The molecule has 1 aliphatic rings. The highest BCUT2D eigenvalue weighted by atomic mass is 79.9. The van der Waals surface area contributed by atoms with Crippen LogP contribution in [-0.4, -0.2) is 27.2 Å². The van der Waals surface area contributed by atoms with Crippen LogP contribution < -0.4 is 0 Å². The van der Waals surface area contributed by atoms with Crippen molar-refractivity contribution in [2.75, 3.05) is 6.54 Å². The molecule has 0 radical (unpaired) electrons. The van der Waals surface area contributed by atoms with Crippen LogP contribution in [0.3, 0.4) is 0 Å². The molecule has 0 spiro atoms. The molecule has 0 bridgehead atoms. The molecule has 2 heterocycles. The second-order valence-corrected chi connectivity index (χ2v) is 8.75. The van der Waals surface area contributed by atoms with Gasteiger partial charge in [-0.3, -0.25) is 14.5 Å². The largest absolute Gasteiger partial charge is 0.342 e. The first kappa shape index (κ1) is 19.8. The second-order valence-electron chi connectivity index (χ2n) is 6.44. The fourth-order valence-corrected chi connectivity index (χ4v) is 4.61. The molecule has 0 N–H and O–H groups in total. The van der Waals surface area contributed by atoms with Gasteiger partial charge < -0.3 is 4.57 Å². The van der Waals surface area contributed by atoms with Crippen LogP contribution in [0.2, 0.25) is 5.02 Å². The maximum absolute atomic E-state index is 12.5. The quantitative estimate of drug-likeness (QED) is 0.348. The molecular weight excluding hydrogens is 472 g/mol. The molecule has 0 saturated carbocycles. The van der Waals surface area contributed by atoms with E-state index in [1.165, 1.54) is 0 Å². The number of aromatic nitrogens is 1. The van der Waals surface area contributed by atoms with E-state index >= 15 is 0 Å². The number of carbonyl (C=O) groups is 2. The van der Waals surface area contributed by atoms with Crippen LogP contribution in [0.25, 0.3) is 17.0 Å². The minimum absolute atomic E-state index is 0.0260. The van der Waals surface area contributed by atoms with Crippen molar-refractivity contribution >= 4 is 67.4 Å². The summed E-state index contributed by atoms with van der Waals surface area (Å²) in [5.41, 5.74) is 2.84. The first-order valence-electron chi connectivity index (χ1n) is 8.68. The van der Waals surface area contributed by atoms with Gasteiger partial charge in [-0.05, 0) is 47.7 Å². The zero-order valence-electron chi connectivity index (χ0n) is 15.1. The number of halogens is 2. The van der Waals surface area contributed by atoms with Crippen molar-refractivity contribution in [3.8, 4) is 12.3 Å². The summed E-state index contributed by atoms with van der Waals surface area (Å²) in [4.78, 5) is 26.1. The number of rotatable bonds is 4. The number of carbonyl (C=O) groups excluding carboxylic acids is 2. The van der Waals surface area contributed by atoms with E-state index in [0.29, 0.717) is 16.5 Å². The molecule has 2 amide bonds. The van der Waals surface area contributed by atoms with Gasteiger partial charge in [-0.2, -0.15) is 0 Å². The SMILES string of the molecule is C#CCN1C(=O)S/C(=C\c2cn(Cc3ccccc3Cl)c3ccc(Br)cc23)C1=O. The van der Waals surface area contributed by atoms with E-state index in [-0.39, 0.29) is 17.7 Å². The molecule has 4 nitrogen and oxygen atoms in total. The van der Waals surface area contributed by atoms with Gasteiger partial charge in [0, 0.05) is 38.7 Å². The summed E-state index contributed by atoms with van der Waals surface area (Å²) in [6.45, 7) is 0.562. The molecule has 0 atom stereocenters. The highest BCUT2D eigenvalue weighted by Gasteiger charge is 2.34. The molecule has 7 heteroatoms. The van der Waals surface area contributed by atoms with Crippen molar-refractivity contribution in [1.82, 2.24) is 9.47 Å². The van der Waals surface area contributed by atoms with Crippen LogP contribution in [0.5, 0.6) is 0 Å². The van der Waals surface area contributed by atoms with Crippen molar-refractivity contribution in [3.05, 3.63) is 74.2 Å². The predicted molar refractivity (Wildman–Crippen MR) is 122 cm³/mol. The third kappa shape index (κ3) is 3.86. The highest BCUT2D eigenvalue weighted by molar-refractivity contribution is 9.10. The lowest BCUT2D eigenvalue weighted by Crippen LogP contribution is -2.28. The van der Waals surface area contributed by atoms with Gasteiger partial charge in [0.2, 0.25) is 0 Å². The number of benzene rings is 2. The number of hydrogen-bond donors (Lipinski definition) is 0. The molecule has 2 aromatic carbocycles. The van der Waals surface area contributed by atoms with Gasteiger partial charge in [0.05, 0.1) is 11.4 Å². The minimum Gasteiger partial charge on any atom is -0.342 e. The van der Waals surface area contributed by atoms with Crippen LogP contribution in [0.4, 0.5) is 4.79 Å². The fourth-order valence-electron chi connectivity index (χ4n) is 3.22. The van der Waals surface area contributed by atoms with E-state index in [9.17, 15) is 9.59 Å². The lowest BCUT2D eigenvalue weighted by atomic mass is 10.1. The summed E-state index contributed by atoms with van der Waals surface area (Å²) in [5.74, 6) is 1.99. The highest BCUT2D eigenvalue weighted by Crippen LogP contribution is 2.35. The maximum atomic E-state index is 12.5. The summed E-state index contributed by atoms with van der Waals surface area (Å²) in [6, 6.07) is 13.7. The Balaban J connectivity index is 1.79. The Morgan fingerprint density at radius 3 is 2.76 bits per heavy atom. The van der Waals surface area contributed by atoms with Gasteiger partial charge in [0.25, 0.3) is 11.1 Å². The number of terminal acetylenes is 1. The lowest BCUT2D eigenvalue weighted by molar-refractivity contribution is -0.122. The number of amides is 2. The summed E-state index contributed by atoms with van der Waals surface area (Å²) in [7, 11) is 0. The van der Waals surface area contributed by atoms with E-state index in [1.54, 1.807) is 6.08 Å². The molecule has 1 aromatic heterocycles. The van der Waals surface area contributed by atoms with Crippen LogP contribution in [0.1, 0.15) is 11.1 Å². The molecule has 1 fully saturated rings. The van der Waals surface area contributed by atoms with Crippen molar-refractivity contribution < 1.29 is 9.59 Å². The summed E-state index contributed by atoms with van der Waals surface area (Å²) >= 11 is 10.8. The average Bonchev–Trinajstić information content (AvgIpc) is 3.16. The zero-order valence-corrected chi connectivity index (χ0v) is 18.2. The molecule has 1 saturated heterocycles. The molecule has 144 valence electrons. The maximum Gasteiger partial charge on any atom is 0.294 e. The van der Waals surface area contributed by atoms with Gasteiger partial charge in [-0.15, -0.1) is 6.42 Å². The van der Waals surface area contributed by atoms with Gasteiger partial charge in [-0.1, -0.05) is 51.7 Å². The molecule has 0 aliphatic carbocycles. The first-order chi connectivity index (χ1) is 14.0. The van der Waals surface area contributed by atoms with Gasteiger partial charge in [-0.25, -0.2) is 0 Å². The smallest absolute Gasteiger partial charge is 0.294 e. The fraction of sp³-hybridized carbons (Fsp3) is 0.0909. The third-order valence-corrected chi connectivity index (χ3v) is 6.35. The molecule has 29 heavy (non-hydrogen) atoms. The van der Waals surface area contributed by atoms with Crippen LogP contribution >= 0.6 is 39.3 Å². The second kappa shape index (κ2) is 8.11. The van der Waals surface area contributed by atoms with Gasteiger partial charge in [0.15, 0.2) is 0 Å². The Kier molecular flexibility index (Phi) is 5.55. The van der Waals surface area contributed by atoms with Crippen molar-refractivity contribution in [3.63, 3.8) is 0 Å². The molecule has 3 aromatic rings. The molecule has 1 aliphatic heterocycles. The van der Waals surface area contributed by atoms with E-state index in [1.807, 2.05) is 48.7 Å². The zero-order chi connectivity index (χ0) is 20.5. The minimum atomic E-state index is -0.361. The standard InChI is InChI=1S/C22H14BrClN2O2S/c1-2-9-26-21(27)20(29-22(26)28)10-15-13-25(12-14-5-3-4-6-18(14)24)19-8-7-16(23)11-17(15)19/h1,3-8,10-11,13H,9,12H2/b20-10-. The summed E-state index contributed by atoms with van der Waals surface area (Å²) < 4.78 is 3.01. The average molecular weight is 486 g/mol. The van der Waals surface area contributed by atoms with Crippen LogP contribution in [-0.2, 0) is 11.3 Å². The topological polar surface area (TPSA) is 42.3 Å². The third-order valence-electron chi connectivity index (χ3n) is 4.58. The molecular formula is C22H14BrClN2O2S. The Hall–Kier alpha value is -2.46.